The van der Waals surface area contributed by atoms with Gasteiger partial charge in [-0.2, -0.15) is 0 Å². The second kappa shape index (κ2) is 5.21. The van der Waals surface area contributed by atoms with Crippen LogP contribution in [0.2, 0.25) is 0 Å². The molecule has 1 heterocycles. The molecule has 0 amide bonds. The topological polar surface area (TPSA) is 38.1 Å². The molecule has 0 saturated carbocycles. The minimum Gasteiger partial charge on any atom is -0.493 e. The summed E-state index contributed by atoms with van der Waals surface area (Å²) in [6.07, 6.45) is 0.632. The Hall–Kier alpha value is -2.55. The molecule has 0 spiro atoms. The molecule has 0 atom stereocenters. The molecule has 3 heteroatoms. The van der Waals surface area contributed by atoms with Gasteiger partial charge in [-0.3, -0.25) is 4.57 Å². The van der Waals surface area contributed by atoms with Crippen molar-refractivity contribution in [2.24, 2.45) is 0 Å². The Kier molecular flexibility index (Phi) is 3.25. The Labute approximate surface area is 118 Å². The van der Waals surface area contributed by atoms with Crippen molar-refractivity contribution in [3.63, 3.8) is 0 Å². The van der Waals surface area contributed by atoms with Gasteiger partial charge in [-0.05, 0) is 24.6 Å². The van der Waals surface area contributed by atoms with Crippen molar-refractivity contribution in [3.05, 3.63) is 77.7 Å². The quantitative estimate of drug-likeness (QED) is 0.786. The number of para-hydroxylation sites is 1. The highest BCUT2D eigenvalue weighted by molar-refractivity contribution is 5.41. The van der Waals surface area contributed by atoms with Crippen LogP contribution in [0.5, 0.6) is 5.88 Å². The molecular weight excluding hydrogens is 248 g/mol. The van der Waals surface area contributed by atoms with Gasteiger partial charge in [-0.1, -0.05) is 48.5 Å². The largest absolute Gasteiger partial charge is 0.493 e. The Morgan fingerprint density at radius 3 is 2.20 bits per heavy atom. The monoisotopic (exact) mass is 264 g/mol. The van der Waals surface area contributed by atoms with E-state index in [9.17, 15) is 5.11 Å². The summed E-state index contributed by atoms with van der Waals surface area (Å²) in [4.78, 5) is 4.49. The molecular formula is C17H16N2O. The van der Waals surface area contributed by atoms with Crippen molar-refractivity contribution in [2.45, 2.75) is 13.3 Å². The molecule has 0 radical (unpaired) electrons. The summed E-state index contributed by atoms with van der Waals surface area (Å²) in [5.74, 6) is 1.01. The van der Waals surface area contributed by atoms with Crippen molar-refractivity contribution in [2.75, 3.05) is 0 Å². The van der Waals surface area contributed by atoms with Crippen molar-refractivity contribution >= 4 is 0 Å². The van der Waals surface area contributed by atoms with E-state index in [2.05, 4.69) is 4.98 Å². The van der Waals surface area contributed by atoms with Gasteiger partial charge in [-0.25, -0.2) is 4.98 Å². The molecule has 0 unspecified atom stereocenters. The summed E-state index contributed by atoms with van der Waals surface area (Å²) in [7, 11) is 0. The first-order valence-electron chi connectivity index (χ1n) is 6.62. The third-order valence-corrected chi connectivity index (χ3v) is 3.32. The minimum absolute atomic E-state index is 0.220. The van der Waals surface area contributed by atoms with E-state index >= 15 is 0 Å². The van der Waals surface area contributed by atoms with Crippen LogP contribution < -0.4 is 0 Å². The Morgan fingerprint density at radius 2 is 1.55 bits per heavy atom. The maximum absolute atomic E-state index is 10.4. The first kappa shape index (κ1) is 12.5. The Balaban J connectivity index is 1.99. The third kappa shape index (κ3) is 2.30. The molecule has 0 aliphatic heterocycles. The van der Waals surface area contributed by atoms with E-state index in [4.69, 9.17) is 0 Å². The van der Waals surface area contributed by atoms with Gasteiger partial charge in [0.25, 0.3) is 0 Å². The maximum Gasteiger partial charge on any atom is 0.219 e. The fraction of sp³-hybridized carbons (Fsp3) is 0.118. The smallest absolute Gasteiger partial charge is 0.219 e. The lowest BCUT2D eigenvalue weighted by Crippen LogP contribution is -1.95. The number of aryl methyl sites for hydroxylation is 1. The SMILES string of the molecule is Cc1nc(Cc2ccccc2)c(O)n1-c1ccccc1. The summed E-state index contributed by atoms with van der Waals surface area (Å²) in [5.41, 5.74) is 2.77. The molecule has 20 heavy (non-hydrogen) atoms. The standard InChI is InChI=1S/C17H16N2O/c1-13-18-16(12-14-8-4-2-5-9-14)17(20)19(13)15-10-6-3-7-11-15/h2-11,20H,12H2,1H3. The zero-order chi connectivity index (χ0) is 13.9. The van der Waals surface area contributed by atoms with Gasteiger partial charge in [0.2, 0.25) is 5.88 Å². The van der Waals surface area contributed by atoms with Gasteiger partial charge in [0.15, 0.2) is 0 Å². The number of rotatable bonds is 3. The molecule has 0 aliphatic carbocycles. The van der Waals surface area contributed by atoms with Crippen LogP contribution in [-0.2, 0) is 6.42 Å². The van der Waals surface area contributed by atoms with E-state index in [1.54, 1.807) is 4.57 Å². The van der Waals surface area contributed by atoms with Crippen LogP contribution in [0, 0.1) is 6.92 Å². The van der Waals surface area contributed by atoms with Crippen LogP contribution >= 0.6 is 0 Å². The van der Waals surface area contributed by atoms with Crippen molar-refractivity contribution < 1.29 is 5.11 Å². The first-order chi connectivity index (χ1) is 9.75. The molecule has 0 fully saturated rings. The van der Waals surface area contributed by atoms with E-state index in [-0.39, 0.29) is 5.88 Å². The third-order valence-electron chi connectivity index (χ3n) is 3.32. The van der Waals surface area contributed by atoms with Crippen molar-refractivity contribution in [3.8, 4) is 11.6 Å². The number of aromatic hydroxyl groups is 1. The lowest BCUT2D eigenvalue weighted by Gasteiger charge is -2.06. The lowest BCUT2D eigenvalue weighted by atomic mass is 10.1. The van der Waals surface area contributed by atoms with Gasteiger partial charge in [0.1, 0.15) is 11.5 Å². The molecule has 100 valence electrons. The second-order valence-electron chi connectivity index (χ2n) is 4.76. The minimum atomic E-state index is 0.220. The highest BCUT2D eigenvalue weighted by atomic mass is 16.3. The predicted molar refractivity (Wildman–Crippen MR) is 79.2 cm³/mol. The van der Waals surface area contributed by atoms with Crippen LogP contribution in [0.3, 0.4) is 0 Å². The van der Waals surface area contributed by atoms with Crippen molar-refractivity contribution in [1.82, 2.24) is 9.55 Å². The van der Waals surface area contributed by atoms with Gasteiger partial charge < -0.3 is 5.11 Å². The molecule has 2 aromatic carbocycles. The molecule has 3 nitrogen and oxygen atoms in total. The second-order valence-corrected chi connectivity index (χ2v) is 4.76. The Bertz CT molecular complexity index is 703. The zero-order valence-corrected chi connectivity index (χ0v) is 11.3. The van der Waals surface area contributed by atoms with E-state index in [1.807, 2.05) is 67.6 Å². The highest BCUT2D eigenvalue weighted by Gasteiger charge is 2.15. The maximum atomic E-state index is 10.4. The molecule has 0 bridgehead atoms. The summed E-state index contributed by atoms with van der Waals surface area (Å²) < 4.78 is 1.78. The number of benzene rings is 2. The molecule has 1 N–H and O–H groups in total. The Morgan fingerprint density at radius 1 is 0.950 bits per heavy atom. The number of imidazole rings is 1. The van der Waals surface area contributed by atoms with Crippen LogP contribution in [0.1, 0.15) is 17.1 Å². The van der Waals surface area contributed by atoms with E-state index in [1.165, 1.54) is 0 Å². The molecule has 3 rings (SSSR count). The van der Waals surface area contributed by atoms with E-state index < -0.39 is 0 Å². The van der Waals surface area contributed by atoms with Crippen LogP contribution in [0.15, 0.2) is 60.7 Å². The summed E-state index contributed by atoms with van der Waals surface area (Å²) in [6.45, 7) is 1.90. The number of nitrogens with zero attached hydrogens (tertiary/aromatic N) is 2. The van der Waals surface area contributed by atoms with Crippen LogP contribution in [-0.4, -0.2) is 14.7 Å². The average Bonchev–Trinajstić information content (AvgIpc) is 2.75. The van der Waals surface area contributed by atoms with Gasteiger partial charge in [0.05, 0.1) is 5.69 Å². The highest BCUT2D eigenvalue weighted by Crippen LogP contribution is 2.25. The van der Waals surface area contributed by atoms with E-state index in [0.29, 0.717) is 12.1 Å². The molecule has 3 aromatic rings. The number of hydrogen-bond donors (Lipinski definition) is 1. The van der Waals surface area contributed by atoms with Crippen LogP contribution in [0.25, 0.3) is 5.69 Å². The number of hydrogen-bond acceptors (Lipinski definition) is 2. The van der Waals surface area contributed by atoms with Gasteiger partial charge in [-0.15, -0.1) is 0 Å². The lowest BCUT2D eigenvalue weighted by molar-refractivity contribution is 0.436. The first-order valence-corrected chi connectivity index (χ1v) is 6.62. The average molecular weight is 264 g/mol. The molecule has 1 aromatic heterocycles. The molecule has 0 aliphatic rings. The summed E-state index contributed by atoms with van der Waals surface area (Å²) >= 11 is 0. The van der Waals surface area contributed by atoms with Crippen molar-refractivity contribution in [1.29, 1.82) is 0 Å². The van der Waals surface area contributed by atoms with Gasteiger partial charge >= 0.3 is 0 Å². The number of aromatic nitrogens is 2. The normalized spacial score (nSPS) is 10.7. The van der Waals surface area contributed by atoms with Gasteiger partial charge in [0, 0.05) is 6.42 Å². The molecule has 0 saturated heterocycles. The predicted octanol–water partition coefficient (Wildman–Crippen LogP) is 3.48. The summed E-state index contributed by atoms with van der Waals surface area (Å²) in [6, 6.07) is 19.8. The van der Waals surface area contributed by atoms with E-state index in [0.717, 1.165) is 17.1 Å². The zero-order valence-electron chi connectivity index (χ0n) is 11.3. The summed E-state index contributed by atoms with van der Waals surface area (Å²) in [5, 5.41) is 10.4. The fourth-order valence-corrected chi connectivity index (χ4v) is 2.37. The van der Waals surface area contributed by atoms with Crippen LogP contribution in [0.4, 0.5) is 0 Å². The fourth-order valence-electron chi connectivity index (χ4n) is 2.37.